The average Bonchev–Trinajstić information content (AvgIpc) is 3.16. The van der Waals surface area contributed by atoms with Gasteiger partial charge in [-0.05, 0) is 19.8 Å². The molecule has 1 saturated carbocycles. The minimum absolute atomic E-state index is 0.00865. The van der Waals surface area contributed by atoms with Crippen molar-refractivity contribution in [2.24, 2.45) is 7.05 Å². The maximum Gasteiger partial charge on any atom is 0.257 e. The first-order valence-electron chi connectivity index (χ1n) is 7.75. The lowest BCUT2D eigenvalue weighted by Crippen LogP contribution is -2.27. The normalized spacial score (nSPS) is 15.7. The van der Waals surface area contributed by atoms with E-state index in [2.05, 4.69) is 10.1 Å². The number of hydrogen-bond donors (Lipinski definition) is 0. The molecule has 1 aliphatic rings. The van der Waals surface area contributed by atoms with Crippen LogP contribution in [0.3, 0.4) is 0 Å². The summed E-state index contributed by atoms with van der Waals surface area (Å²) in [4.78, 5) is 19.0. The van der Waals surface area contributed by atoms with Crippen LogP contribution in [-0.2, 0) is 18.3 Å². The highest BCUT2D eigenvalue weighted by Crippen LogP contribution is 2.40. The Labute approximate surface area is 140 Å². The summed E-state index contributed by atoms with van der Waals surface area (Å²) in [6.07, 6.45) is 4.07. The van der Waals surface area contributed by atoms with Crippen LogP contribution in [0.4, 0.5) is 0 Å². The van der Waals surface area contributed by atoms with Crippen molar-refractivity contribution >= 4 is 17.2 Å². The second kappa shape index (κ2) is 6.41. The Hall–Kier alpha value is -1.73. The first-order valence-corrected chi connectivity index (χ1v) is 8.63. The third-order valence-corrected chi connectivity index (χ3v) is 5.12. The van der Waals surface area contributed by atoms with Crippen LogP contribution in [0.5, 0.6) is 0 Å². The highest BCUT2D eigenvalue weighted by atomic mass is 32.1. The smallest absolute Gasteiger partial charge is 0.257 e. The number of carbonyl (C=O) groups is 1. The number of aryl methyl sites for hydroxylation is 1. The molecule has 2 aromatic rings. The van der Waals surface area contributed by atoms with Gasteiger partial charge in [-0.2, -0.15) is 5.10 Å². The summed E-state index contributed by atoms with van der Waals surface area (Å²) < 4.78 is 7.01. The monoisotopic (exact) mass is 334 g/mol. The van der Waals surface area contributed by atoms with Gasteiger partial charge in [0.15, 0.2) is 0 Å². The fraction of sp³-hybridized carbons (Fsp3) is 0.562. The van der Waals surface area contributed by atoms with Gasteiger partial charge in [0.1, 0.15) is 11.1 Å². The molecule has 0 radical (unpaired) electrons. The minimum Gasteiger partial charge on any atom is -0.375 e. The SMILES string of the molecule is COC(C)c1nc(CN(C)C(=O)c2cn(C)nc2C2CC2)cs1. The molecule has 3 rings (SSSR count). The predicted molar refractivity (Wildman–Crippen MR) is 88.5 cm³/mol. The molecule has 1 amide bonds. The molecule has 0 aliphatic heterocycles. The number of thiazole rings is 1. The zero-order valence-corrected chi connectivity index (χ0v) is 14.8. The van der Waals surface area contributed by atoms with Crippen molar-refractivity contribution in [3.63, 3.8) is 0 Å². The Balaban J connectivity index is 1.71. The zero-order valence-electron chi connectivity index (χ0n) is 13.9. The number of methoxy groups -OCH3 is 1. The van der Waals surface area contributed by atoms with Crippen LogP contribution in [0, 0.1) is 0 Å². The van der Waals surface area contributed by atoms with E-state index in [1.165, 1.54) is 0 Å². The summed E-state index contributed by atoms with van der Waals surface area (Å²) in [7, 11) is 5.34. The summed E-state index contributed by atoms with van der Waals surface area (Å²) >= 11 is 1.56. The van der Waals surface area contributed by atoms with E-state index in [1.54, 1.807) is 28.0 Å². The van der Waals surface area contributed by atoms with Crippen molar-refractivity contribution in [2.75, 3.05) is 14.2 Å². The van der Waals surface area contributed by atoms with E-state index in [9.17, 15) is 4.79 Å². The standard InChI is InChI=1S/C16H22N4O2S/c1-10(22-4)15-17-12(9-23-15)7-19(2)16(21)13-8-20(3)18-14(13)11-5-6-11/h8-11H,5-7H2,1-4H3. The van der Waals surface area contributed by atoms with E-state index in [1.807, 2.05) is 32.6 Å². The highest BCUT2D eigenvalue weighted by molar-refractivity contribution is 7.09. The van der Waals surface area contributed by atoms with Crippen LogP contribution < -0.4 is 0 Å². The second-order valence-electron chi connectivity index (χ2n) is 6.09. The lowest BCUT2D eigenvalue weighted by molar-refractivity contribution is 0.0782. The van der Waals surface area contributed by atoms with Crippen molar-refractivity contribution in [3.8, 4) is 0 Å². The topological polar surface area (TPSA) is 60.2 Å². The Morgan fingerprint density at radius 1 is 1.57 bits per heavy atom. The first kappa shape index (κ1) is 16.1. The maximum absolute atomic E-state index is 12.7. The van der Waals surface area contributed by atoms with Crippen LogP contribution in [-0.4, -0.2) is 39.7 Å². The molecule has 0 saturated heterocycles. The molecule has 6 nitrogen and oxygen atoms in total. The molecule has 7 heteroatoms. The van der Waals surface area contributed by atoms with Gasteiger partial charge in [0, 0.05) is 38.7 Å². The van der Waals surface area contributed by atoms with Gasteiger partial charge in [-0.15, -0.1) is 11.3 Å². The molecule has 0 aromatic carbocycles. The van der Waals surface area contributed by atoms with Gasteiger partial charge in [-0.25, -0.2) is 4.98 Å². The van der Waals surface area contributed by atoms with Gasteiger partial charge in [0.25, 0.3) is 5.91 Å². The van der Waals surface area contributed by atoms with E-state index < -0.39 is 0 Å². The number of carbonyl (C=O) groups excluding carboxylic acids is 1. The molecular weight excluding hydrogens is 312 g/mol. The van der Waals surface area contributed by atoms with Gasteiger partial charge in [0.2, 0.25) is 0 Å². The molecule has 0 spiro atoms. The maximum atomic E-state index is 12.7. The third-order valence-electron chi connectivity index (χ3n) is 4.07. The number of rotatable bonds is 6. The summed E-state index contributed by atoms with van der Waals surface area (Å²) in [6.45, 7) is 2.46. The predicted octanol–water partition coefficient (Wildman–Crippen LogP) is 2.73. The van der Waals surface area contributed by atoms with Gasteiger partial charge in [-0.3, -0.25) is 9.48 Å². The van der Waals surface area contributed by atoms with Gasteiger partial charge in [-0.1, -0.05) is 0 Å². The van der Waals surface area contributed by atoms with Crippen molar-refractivity contribution < 1.29 is 9.53 Å². The Morgan fingerprint density at radius 2 is 2.30 bits per heavy atom. The molecule has 2 heterocycles. The van der Waals surface area contributed by atoms with Gasteiger partial charge in [0.05, 0.1) is 23.5 Å². The largest absolute Gasteiger partial charge is 0.375 e. The van der Waals surface area contributed by atoms with Gasteiger partial charge < -0.3 is 9.64 Å². The summed E-state index contributed by atoms with van der Waals surface area (Å²) in [6, 6.07) is 0. The van der Waals surface area contributed by atoms with Crippen molar-refractivity contribution in [2.45, 2.75) is 38.3 Å². The molecule has 23 heavy (non-hydrogen) atoms. The lowest BCUT2D eigenvalue weighted by atomic mass is 10.1. The van der Waals surface area contributed by atoms with Crippen LogP contribution in [0.25, 0.3) is 0 Å². The average molecular weight is 334 g/mol. The third kappa shape index (κ3) is 3.45. The summed E-state index contributed by atoms with van der Waals surface area (Å²) in [5, 5.41) is 7.38. The molecule has 124 valence electrons. The molecule has 0 N–H and O–H groups in total. The number of ether oxygens (including phenoxy) is 1. The Kier molecular flexibility index (Phi) is 4.50. The Bertz CT molecular complexity index is 705. The van der Waals surface area contributed by atoms with Crippen LogP contribution in [0.15, 0.2) is 11.6 Å². The van der Waals surface area contributed by atoms with Crippen molar-refractivity contribution in [1.29, 1.82) is 0 Å². The lowest BCUT2D eigenvalue weighted by Gasteiger charge is -2.15. The van der Waals surface area contributed by atoms with Gasteiger partial charge >= 0.3 is 0 Å². The molecular formula is C16H22N4O2S. The van der Waals surface area contributed by atoms with Crippen LogP contribution in [0.2, 0.25) is 0 Å². The first-order chi connectivity index (χ1) is 11.0. The van der Waals surface area contributed by atoms with Crippen molar-refractivity contribution in [1.82, 2.24) is 19.7 Å². The molecule has 2 aromatic heterocycles. The van der Waals surface area contributed by atoms with Crippen molar-refractivity contribution in [3.05, 3.63) is 33.5 Å². The number of hydrogen-bond acceptors (Lipinski definition) is 5. The number of amides is 1. The Morgan fingerprint density at radius 3 is 2.96 bits per heavy atom. The summed E-state index contributed by atoms with van der Waals surface area (Å²) in [5.74, 6) is 0.464. The van der Waals surface area contributed by atoms with Crippen LogP contribution >= 0.6 is 11.3 Å². The fourth-order valence-electron chi connectivity index (χ4n) is 2.53. The van der Waals surface area contributed by atoms with E-state index >= 15 is 0 Å². The summed E-state index contributed by atoms with van der Waals surface area (Å²) in [5.41, 5.74) is 2.55. The van der Waals surface area contributed by atoms with E-state index in [0.29, 0.717) is 12.5 Å². The zero-order chi connectivity index (χ0) is 16.6. The molecule has 0 bridgehead atoms. The van der Waals surface area contributed by atoms with E-state index in [-0.39, 0.29) is 12.0 Å². The number of aromatic nitrogens is 3. The molecule has 1 atom stereocenters. The quantitative estimate of drug-likeness (QED) is 0.815. The highest BCUT2D eigenvalue weighted by Gasteiger charge is 2.32. The van der Waals surface area contributed by atoms with Crippen LogP contribution in [0.1, 0.15) is 58.5 Å². The van der Waals surface area contributed by atoms with E-state index in [0.717, 1.165) is 34.8 Å². The molecule has 1 aliphatic carbocycles. The number of nitrogens with zero attached hydrogens (tertiary/aromatic N) is 4. The second-order valence-corrected chi connectivity index (χ2v) is 6.98. The molecule has 1 fully saturated rings. The molecule has 1 unspecified atom stereocenters. The minimum atomic E-state index is -0.0189. The van der Waals surface area contributed by atoms with E-state index in [4.69, 9.17) is 4.74 Å². The fourth-order valence-corrected chi connectivity index (χ4v) is 3.37.